The second kappa shape index (κ2) is 13.2. The lowest BCUT2D eigenvalue weighted by atomic mass is 10.1. The van der Waals surface area contributed by atoms with E-state index in [0.717, 1.165) is 32.4 Å². The number of nitrogens with zero attached hydrogens (tertiary/aromatic N) is 6. The summed E-state index contributed by atoms with van der Waals surface area (Å²) in [4.78, 5) is 37.8. The summed E-state index contributed by atoms with van der Waals surface area (Å²) in [7, 11) is 3.66. The van der Waals surface area contributed by atoms with Crippen molar-refractivity contribution in [1.29, 1.82) is 0 Å². The number of halogens is 1. The number of para-hydroxylation sites is 1. The van der Waals surface area contributed by atoms with Gasteiger partial charge in [-0.25, -0.2) is 24.3 Å². The van der Waals surface area contributed by atoms with Gasteiger partial charge in [-0.2, -0.15) is 0 Å². The molecule has 0 spiro atoms. The number of pyridine rings is 1. The lowest BCUT2D eigenvalue weighted by molar-refractivity contribution is -0.124. The van der Waals surface area contributed by atoms with Crippen LogP contribution in [0, 0.1) is 5.82 Å². The zero-order valence-electron chi connectivity index (χ0n) is 24.3. The third-order valence-corrected chi connectivity index (χ3v) is 7.40. The van der Waals surface area contributed by atoms with E-state index >= 15 is 4.39 Å². The molecule has 0 saturated carbocycles. The number of nitrogens with one attached hydrogen (secondary N) is 3. The zero-order valence-corrected chi connectivity index (χ0v) is 24.3. The highest BCUT2D eigenvalue weighted by atomic mass is 19.1. The molecule has 1 saturated heterocycles. The molecule has 0 aliphatic carbocycles. The number of anilines is 3. The number of oxazole rings is 1. The predicted octanol–water partition coefficient (Wildman–Crippen LogP) is 3.67. The minimum atomic E-state index is -0.588. The Morgan fingerprint density at radius 1 is 1.14 bits per heavy atom. The van der Waals surface area contributed by atoms with Crippen molar-refractivity contribution in [2.24, 2.45) is 0 Å². The predicted molar refractivity (Wildman–Crippen MR) is 161 cm³/mol. The number of carbonyl (C=O) groups is 1. The van der Waals surface area contributed by atoms with Crippen LogP contribution in [0.25, 0.3) is 22.2 Å². The Balaban J connectivity index is 1.18. The monoisotopic (exact) mass is 601 g/mol. The lowest BCUT2D eigenvalue weighted by Crippen LogP contribution is -2.54. The molecule has 1 atom stereocenters. The van der Waals surface area contributed by atoms with E-state index in [-0.39, 0.29) is 30.8 Å². The van der Waals surface area contributed by atoms with Gasteiger partial charge in [0, 0.05) is 56.5 Å². The molecule has 5 aromatic rings. The zero-order chi connectivity index (χ0) is 30.5. The first-order valence-electron chi connectivity index (χ1n) is 14.1. The van der Waals surface area contributed by atoms with Crippen LogP contribution in [0.5, 0.6) is 5.88 Å². The van der Waals surface area contributed by atoms with Gasteiger partial charge < -0.3 is 34.4 Å². The first-order chi connectivity index (χ1) is 21.5. The molecule has 1 unspecified atom stereocenters. The molecular weight excluding hydrogens is 569 g/mol. The first kappa shape index (κ1) is 29.2. The fourth-order valence-corrected chi connectivity index (χ4v) is 5.05. The summed E-state index contributed by atoms with van der Waals surface area (Å²) >= 11 is 0. The van der Waals surface area contributed by atoms with Gasteiger partial charge in [-0.15, -0.1) is 0 Å². The van der Waals surface area contributed by atoms with Gasteiger partial charge in [-0.1, -0.05) is 12.1 Å². The number of likely N-dealkylation sites (N-methyl/N-ethyl adjacent to an activating group) is 1. The molecule has 0 radical (unpaired) electrons. The number of rotatable bonds is 11. The summed E-state index contributed by atoms with van der Waals surface area (Å²) in [5.41, 5.74) is 2.45. The number of aromatic amines is 1. The van der Waals surface area contributed by atoms with Crippen LogP contribution in [0.2, 0.25) is 0 Å². The van der Waals surface area contributed by atoms with E-state index in [1.54, 1.807) is 31.6 Å². The lowest BCUT2D eigenvalue weighted by Gasteiger charge is -2.36. The second-order valence-electron chi connectivity index (χ2n) is 10.3. The summed E-state index contributed by atoms with van der Waals surface area (Å²) < 4.78 is 31.2. The molecule has 44 heavy (non-hydrogen) atoms. The van der Waals surface area contributed by atoms with E-state index < -0.39 is 11.9 Å². The Kier molecular flexibility index (Phi) is 8.72. The van der Waals surface area contributed by atoms with E-state index in [9.17, 15) is 4.79 Å². The van der Waals surface area contributed by atoms with Crippen LogP contribution in [0.15, 0.2) is 65.8 Å². The van der Waals surface area contributed by atoms with Crippen LogP contribution >= 0.6 is 0 Å². The van der Waals surface area contributed by atoms with E-state index in [1.807, 2.05) is 18.2 Å². The highest BCUT2D eigenvalue weighted by Crippen LogP contribution is 2.33. The highest BCUT2D eigenvalue weighted by molar-refractivity contribution is 6.06. The van der Waals surface area contributed by atoms with Crippen molar-refractivity contribution >= 4 is 34.1 Å². The average Bonchev–Trinajstić information content (AvgIpc) is 3.72. The molecule has 1 aliphatic heterocycles. The maximum atomic E-state index is 15.1. The van der Waals surface area contributed by atoms with Crippen LogP contribution in [0.4, 0.5) is 21.7 Å². The third kappa shape index (κ3) is 6.51. The summed E-state index contributed by atoms with van der Waals surface area (Å²) in [5.74, 6) is 0.254. The summed E-state index contributed by atoms with van der Waals surface area (Å²) in [6.07, 6.45) is 7.35. The van der Waals surface area contributed by atoms with Gasteiger partial charge in [-0.05, 0) is 19.2 Å². The molecular formula is C30H32FN9O4. The van der Waals surface area contributed by atoms with Gasteiger partial charge in [-0.3, -0.25) is 9.69 Å². The van der Waals surface area contributed by atoms with Crippen LogP contribution in [0.3, 0.4) is 0 Å². The van der Waals surface area contributed by atoms with Crippen LogP contribution in [-0.4, -0.2) is 93.6 Å². The van der Waals surface area contributed by atoms with Gasteiger partial charge >= 0.3 is 0 Å². The number of hydrogen-bond acceptors (Lipinski definition) is 11. The third-order valence-electron chi connectivity index (χ3n) is 7.40. The Hall–Kier alpha value is -4.92. The summed E-state index contributed by atoms with van der Waals surface area (Å²) in [6.45, 7) is 3.73. The molecule has 1 aliphatic rings. The molecule has 6 rings (SSSR count). The van der Waals surface area contributed by atoms with E-state index in [2.05, 4.69) is 52.4 Å². The number of ether oxygens (including phenoxy) is 2. The molecule has 3 N–H and O–H groups in total. The van der Waals surface area contributed by atoms with Crippen molar-refractivity contribution in [1.82, 2.24) is 34.7 Å². The Morgan fingerprint density at radius 2 is 2.00 bits per heavy atom. The van der Waals surface area contributed by atoms with Crippen molar-refractivity contribution in [2.75, 3.05) is 57.6 Å². The minimum Gasteiger partial charge on any atom is -0.468 e. The molecule has 13 nitrogen and oxygen atoms in total. The quantitative estimate of drug-likeness (QED) is 0.204. The van der Waals surface area contributed by atoms with E-state index in [4.69, 9.17) is 13.9 Å². The van der Waals surface area contributed by atoms with Gasteiger partial charge in [0.05, 0.1) is 42.1 Å². The second-order valence-corrected chi connectivity index (χ2v) is 10.3. The number of carbonyl (C=O) groups excluding carboxylic acids is 1. The standard InChI is InChI=1S/C30H32FN9O4/c1-39-9-11-40(12-10-39)24(17-42-2)29(41)37-23-5-3-4-20-21(15-34-28(20)23)27-22(31)16-35-30(38-27)36-19-6-7-25(33-14-19)44-18-26-32-8-13-43-26/h3-8,13-16,24,34H,9-12,17-18H2,1-2H3,(H,37,41)(H,35,36,38). The number of benzene rings is 1. The molecule has 1 aromatic carbocycles. The number of aromatic nitrogens is 5. The van der Waals surface area contributed by atoms with Crippen LogP contribution < -0.4 is 15.4 Å². The Labute approximate surface area is 252 Å². The van der Waals surface area contributed by atoms with Gasteiger partial charge in [0.2, 0.25) is 23.6 Å². The molecule has 228 valence electrons. The fourth-order valence-electron chi connectivity index (χ4n) is 5.05. The fraction of sp³-hybridized carbons (Fsp3) is 0.300. The normalized spacial score (nSPS) is 14.9. The van der Waals surface area contributed by atoms with Gasteiger partial charge in [0.1, 0.15) is 18.0 Å². The molecule has 4 aromatic heterocycles. The van der Waals surface area contributed by atoms with Crippen molar-refractivity contribution < 1.29 is 23.1 Å². The number of piperazine rings is 1. The molecule has 5 heterocycles. The topological polar surface area (TPSA) is 147 Å². The van der Waals surface area contributed by atoms with Crippen LogP contribution in [-0.2, 0) is 16.1 Å². The van der Waals surface area contributed by atoms with Crippen molar-refractivity contribution in [3.8, 4) is 17.1 Å². The molecule has 1 fully saturated rings. The summed E-state index contributed by atoms with van der Waals surface area (Å²) in [5, 5.41) is 6.80. The Morgan fingerprint density at radius 3 is 2.75 bits per heavy atom. The molecule has 1 amide bonds. The average molecular weight is 602 g/mol. The smallest absolute Gasteiger partial charge is 0.244 e. The maximum Gasteiger partial charge on any atom is 0.244 e. The van der Waals surface area contributed by atoms with E-state index in [0.29, 0.717) is 39.6 Å². The largest absolute Gasteiger partial charge is 0.468 e. The molecule has 0 bridgehead atoms. The SMILES string of the molecule is COCC(C(=O)Nc1cccc2c(-c3nc(Nc4ccc(OCc5ncco5)nc4)ncc3F)c[nH]c12)N1CCN(C)CC1. The molecule has 14 heteroatoms. The van der Waals surface area contributed by atoms with Gasteiger partial charge in [0.25, 0.3) is 0 Å². The number of fused-ring (bicyclic) bond motifs is 1. The Bertz CT molecular complexity index is 1700. The van der Waals surface area contributed by atoms with Crippen molar-refractivity contribution in [2.45, 2.75) is 12.6 Å². The number of amides is 1. The summed E-state index contributed by atoms with van der Waals surface area (Å²) in [6, 6.07) is 8.44. The first-order valence-corrected chi connectivity index (χ1v) is 14.1. The minimum absolute atomic E-state index is 0.103. The number of hydrogen-bond donors (Lipinski definition) is 3. The van der Waals surface area contributed by atoms with Crippen molar-refractivity contribution in [3.05, 3.63) is 73.1 Å². The maximum absolute atomic E-state index is 15.1. The number of H-pyrrole nitrogens is 1. The van der Waals surface area contributed by atoms with E-state index in [1.165, 1.54) is 12.5 Å². The van der Waals surface area contributed by atoms with Crippen molar-refractivity contribution in [3.63, 3.8) is 0 Å². The highest BCUT2D eigenvalue weighted by Gasteiger charge is 2.29. The van der Waals surface area contributed by atoms with Crippen LogP contribution in [0.1, 0.15) is 5.89 Å². The number of methoxy groups -OCH3 is 1. The van der Waals surface area contributed by atoms with Gasteiger partial charge in [0.15, 0.2) is 12.4 Å².